The van der Waals surface area contributed by atoms with Crippen molar-refractivity contribution in [2.75, 3.05) is 12.9 Å². The van der Waals surface area contributed by atoms with E-state index in [4.69, 9.17) is 5.73 Å². The fourth-order valence-corrected chi connectivity index (χ4v) is 1.53. The molecule has 1 fully saturated rings. The molecule has 1 aliphatic carbocycles. The third-order valence-electron chi connectivity index (χ3n) is 2.16. The van der Waals surface area contributed by atoms with Gasteiger partial charge >= 0.3 is 0 Å². The van der Waals surface area contributed by atoms with Crippen LogP contribution in [0.15, 0.2) is 0 Å². The van der Waals surface area contributed by atoms with Gasteiger partial charge in [0, 0.05) is 12.4 Å². The van der Waals surface area contributed by atoms with Gasteiger partial charge in [0.25, 0.3) is 0 Å². The number of rotatable bonds is 2. The van der Waals surface area contributed by atoms with Gasteiger partial charge in [0.1, 0.15) is 0 Å². The zero-order valence-electron chi connectivity index (χ0n) is 8.18. The largest absolute Gasteiger partial charge is 0.352 e. The number of carbonyl (C=O) groups is 1. The molecule has 0 aromatic rings. The summed E-state index contributed by atoms with van der Waals surface area (Å²) in [5, 5.41) is 2.90. The van der Waals surface area contributed by atoms with Crippen LogP contribution in [0.25, 0.3) is 0 Å². The van der Waals surface area contributed by atoms with E-state index in [0.29, 0.717) is 6.04 Å². The van der Waals surface area contributed by atoms with E-state index in [1.807, 2.05) is 0 Å². The first kappa shape index (κ1) is 12.7. The van der Waals surface area contributed by atoms with Crippen molar-refractivity contribution in [2.24, 2.45) is 5.73 Å². The number of alkyl halides is 1. The van der Waals surface area contributed by atoms with Crippen LogP contribution >= 0.6 is 11.6 Å². The first-order valence-corrected chi connectivity index (χ1v) is 5.45. The van der Waals surface area contributed by atoms with Gasteiger partial charge in [-0.05, 0) is 12.8 Å². The minimum atomic E-state index is -0.0168. The summed E-state index contributed by atoms with van der Waals surface area (Å²) in [6, 6.07) is 0.403. The number of halogens is 1. The van der Waals surface area contributed by atoms with E-state index in [1.54, 1.807) is 0 Å². The average molecular weight is 207 g/mol. The second-order valence-electron chi connectivity index (χ2n) is 3.11. The highest BCUT2D eigenvalue weighted by Gasteiger charge is 2.14. The Hall–Kier alpha value is -0.280. The zero-order valence-corrected chi connectivity index (χ0v) is 8.94. The lowest BCUT2D eigenvalue weighted by molar-refractivity contribution is -0.120. The van der Waals surface area contributed by atoms with E-state index < -0.39 is 0 Å². The van der Waals surface area contributed by atoms with Gasteiger partial charge in [0.15, 0.2) is 0 Å². The maximum absolute atomic E-state index is 10.8. The first-order chi connectivity index (χ1) is 6.33. The van der Waals surface area contributed by atoms with Crippen LogP contribution in [0.4, 0.5) is 0 Å². The lowest BCUT2D eigenvalue weighted by Crippen LogP contribution is -2.39. The van der Waals surface area contributed by atoms with Crippen molar-refractivity contribution in [2.45, 2.75) is 38.1 Å². The Labute approximate surface area is 85.0 Å². The van der Waals surface area contributed by atoms with Gasteiger partial charge in [-0.25, -0.2) is 0 Å². The van der Waals surface area contributed by atoms with Gasteiger partial charge in [-0.3, -0.25) is 4.79 Å². The molecule has 1 rings (SSSR count). The number of carbonyl (C=O) groups excluding carboxylic acids is 1. The third-order valence-corrected chi connectivity index (χ3v) is 2.16. The molecule has 0 spiro atoms. The van der Waals surface area contributed by atoms with Gasteiger partial charge < -0.3 is 11.1 Å². The van der Waals surface area contributed by atoms with Gasteiger partial charge in [-0.1, -0.05) is 19.3 Å². The fraction of sp³-hybridized carbons (Fsp3) is 0.889. The summed E-state index contributed by atoms with van der Waals surface area (Å²) >= 11 is 4.64. The Kier molecular flexibility index (Phi) is 8.14. The Morgan fingerprint density at radius 2 is 1.92 bits per heavy atom. The normalized spacial score (nSPS) is 17.2. The molecule has 0 heterocycles. The van der Waals surface area contributed by atoms with Crippen LogP contribution in [0.1, 0.15) is 32.1 Å². The van der Waals surface area contributed by atoms with Crippen LogP contribution in [0.5, 0.6) is 0 Å². The Morgan fingerprint density at radius 1 is 1.38 bits per heavy atom. The molecule has 3 N–H and O–H groups in total. The zero-order chi connectivity index (χ0) is 10.1. The molecule has 0 aromatic heterocycles. The molecular formula is C9H19ClN2O. The van der Waals surface area contributed by atoms with Crippen LogP contribution in [0.3, 0.4) is 0 Å². The number of hydrogen-bond donors (Lipinski definition) is 2. The van der Waals surface area contributed by atoms with Gasteiger partial charge in [0.2, 0.25) is 5.91 Å². The molecule has 78 valence electrons. The number of hydrogen-bond acceptors (Lipinski definition) is 2. The number of amides is 1. The van der Waals surface area contributed by atoms with Crippen molar-refractivity contribution < 1.29 is 4.79 Å². The number of nitrogens with two attached hydrogens (primary N) is 1. The molecule has 1 aliphatic rings. The van der Waals surface area contributed by atoms with E-state index in [9.17, 15) is 4.79 Å². The highest BCUT2D eigenvalue weighted by molar-refractivity contribution is 6.15. The molecule has 0 aliphatic heterocycles. The molecule has 0 atom stereocenters. The molecule has 3 nitrogen and oxygen atoms in total. The van der Waals surface area contributed by atoms with Crippen molar-refractivity contribution in [1.29, 1.82) is 0 Å². The quantitative estimate of drug-likeness (QED) is 0.669. The standard InChI is InChI=1S/C8H16N2O.CH3Cl/c9-6-8(11)10-7-4-2-1-3-5-7;1-2/h7H,1-6,9H2,(H,10,11);1H3. The Bertz CT molecular complexity index is 136. The Balaban J connectivity index is 0.000000671. The summed E-state index contributed by atoms with van der Waals surface area (Å²) in [4.78, 5) is 10.8. The highest BCUT2D eigenvalue weighted by Crippen LogP contribution is 2.16. The fourth-order valence-electron chi connectivity index (χ4n) is 1.53. The second kappa shape index (κ2) is 8.32. The molecule has 13 heavy (non-hydrogen) atoms. The van der Waals surface area contributed by atoms with Crippen LogP contribution in [-0.4, -0.2) is 24.9 Å². The molecule has 0 saturated heterocycles. The van der Waals surface area contributed by atoms with Crippen LogP contribution < -0.4 is 11.1 Å². The third kappa shape index (κ3) is 5.88. The molecule has 0 unspecified atom stereocenters. The topological polar surface area (TPSA) is 55.1 Å². The minimum Gasteiger partial charge on any atom is -0.352 e. The molecular weight excluding hydrogens is 188 g/mol. The van der Waals surface area contributed by atoms with E-state index in [-0.39, 0.29) is 12.5 Å². The van der Waals surface area contributed by atoms with Crippen LogP contribution in [-0.2, 0) is 4.79 Å². The second-order valence-corrected chi connectivity index (χ2v) is 3.11. The van der Waals surface area contributed by atoms with E-state index >= 15 is 0 Å². The van der Waals surface area contributed by atoms with Crippen molar-refractivity contribution in [3.05, 3.63) is 0 Å². The van der Waals surface area contributed by atoms with Gasteiger partial charge in [-0.15, -0.1) is 11.6 Å². The molecule has 0 radical (unpaired) electrons. The lowest BCUT2D eigenvalue weighted by atomic mass is 9.95. The summed E-state index contributed by atoms with van der Waals surface area (Å²) < 4.78 is 0. The minimum absolute atomic E-state index is 0.0168. The maximum Gasteiger partial charge on any atom is 0.233 e. The maximum atomic E-state index is 10.8. The van der Waals surface area contributed by atoms with E-state index in [0.717, 1.165) is 12.8 Å². The summed E-state index contributed by atoms with van der Waals surface area (Å²) in [6.07, 6.45) is 7.54. The molecule has 4 heteroatoms. The van der Waals surface area contributed by atoms with Crippen molar-refractivity contribution in [3.63, 3.8) is 0 Å². The summed E-state index contributed by atoms with van der Waals surface area (Å²) in [5.74, 6) is -0.0168. The highest BCUT2D eigenvalue weighted by atomic mass is 35.5. The van der Waals surface area contributed by atoms with Crippen molar-refractivity contribution in [1.82, 2.24) is 5.32 Å². The van der Waals surface area contributed by atoms with Crippen molar-refractivity contribution >= 4 is 17.5 Å². The SMILES string of the molecule is CCl.NCC(=O)NC1CCCCC1. The molecule has 1 amide bonds. The first-order valence-electron chi connectivity index (χ1n) is 4.70. The van der Waals surface area contributed by atoms with Crippen molar-refractivity contribution in [3.8, 4) is 0 Å². The molecule has 0 bridgehead atoms. The summed E-state index contributed by atoms with van der Waals surface area (Å²) in [5.41, 5.74) is 5.18. The average Bonchev–Trinajstić information content (AvgIpc) is 2.22. The monoisotopic (exact) mass is 206 g/mol. The van der Waals surface area contributed by atoms with E-state index in [1.165, 1.54) is 25.6 Å². The van der Waals surface area contributed by atoms with Crippen LogP contribution in [0, 0.1) is 0 Å². The predicted molar refractivity (Wildman–Crippen MR) is 55.8 cm³/mol. The molecule has 0 aromatic carbocycles. The van der Waals surface area contributed by atoms with Crippen LogP contribution in [0.2, 0.25) is 0 Å². The smallest absolute Gasteiger partial charge is 0.233 e. The Morgan fingerprint density at radius 3 is 2.38 bits per heavy atom. The summed E-state index contributed by atoms with van der Waals surface area (Å²) in [7, 11) is 0. The predicted octanol–water partition coefficient (Wildman–Crippen LogP) is 1.25. The van der Waals surface area contributed by atoms with E-state index in [2.05, 4.69) is 16.9 Å². The summed E-state index contributed by atoms with van der Waals surface area (Å²) in [6.45, 7) is 0.122. The molecule has 1 saturated carbocycles. The lowest BCUT2D eigenvalue weighted by Gasteiger charge is -2.22. The number of nitrogens with one attached hydrogen (secondary N) is 1. The van der Waals surface area contributed by atoms with Gasteiger partial charge in [-0.2, -0.15) is 0 Å². The van der Waals surface area contributed by atoms with Gasteiger partial charge in [0.05, 0.1) is 6.54 Å².